The number of fused-ring (bicyclic) bond motifs is 1. The number of rotatable bonds is 5. The van der Waals surface area contributed by atoms with Gasteiger partial charge in [0.05, 0.1) is 5.52 Å². The molecule has 0 radical (unpaired) electrons. The Hall–Kier alpha value is -2.89. The third-order valence-corrected chi connectivity index (χ3v) is 5.54. The van der Waals surface area contributed by atoms with Crippen molar-refractivity contribution in [3.8, 4) is 0 Å². The predicted octanol–water partition coefficient (Wildman–Crippen LogP) is 3.65. The van der Waals surface area contributed by atoms with Crippen LogP contribution in [0.3, 0.4) is 0 Å². The van der Waals surface area contributed by atoms with E-state index >= 15 is 0 Å². The first-order valence-corrected chi connectivity index (χ1v) is 10.0. The third-order valence-electron chi connectivity index (χ3n) is 5.54. The summed E-state index contributed by atoms with van der Waals surface area (Å²) in [5.41, 5.74) is 2.52. The number of aryl methyl sites for hydroxylation is 1. The van der Waals surface area contributed by atoms with Crippen LogP contribution in [0.2, 0.25) is 0 Å². The quantitative estimate of drug-likeness (QED) is 0.737. The molecule has 1 fully saturated rings. The van der Waals surface area contributed by atoms with Crippen LogP contribution in [-0.4, -0.2) is 52.7 Å². The number of carbonyl (C=O) groups excluding carboxylic acids is 1. The van der Waals surface area contributed by atoms with E-state index < -0.39 is 0 Å². The van der Waals surface area contributed by atoms with Gasteiger partial charge in [0.1, 0.15) is 5.82 Å². The first kappa shape index (κ1) is 18.5. The highest BCUT2D eigenvalue weighted by atomic mass is 16.2. The van der Waals surface area contributed by atoms with Gasteiger partial charge >= 0.3 is 0 Å². The average molecular weight is 377 g/mol. The van der Waals surface area contributed by atoms with Gasteiger partial charge in [0.15, 0.2) is 5.69 Å². The lowest BCUT2D eigenvalue weighted by Gasteiger charge is -2.35. The normalized spacial score (nSPS) is 17.1. The van der Waals surface area contributed by atoms with Gasteiger partial charge in [-0.05, 0) is 50.3 Å². The molecule has 0 unspecified atom stereocenters. The number of anilines is 1. The Kier molecular flexibility index (Phi) is 5.28. The van der Waals surface area contributed by atoms with E-state index in [2.05, 4.69) is 22.3 Å². The molecule has 0 aliphatic carbocycles. The van der Waals surface area contributed by atoms with Crippen LogP contribution in [-0.2, 0) is 6.42 Å². The molecule has 1 saturated heterocycles. The van der Waals surface area contributed by atoms with E-state index in [1.165, 1.54) is 6.42 Å². The number of hydrogen-bond acceptors (Lipinski definition) is 4. The molecule has 4 rings (SSSR count). The molecular weight excluding hydrogens is 350 g/mol. The maximum absolute atomic E-state index is 13.3. The molecule has 6 heteroatoms. The minimum Gasteiger partial charge on any atom is -0.363 e. The fourth-order valence-electron chi connectivity index (χ4n) is 4.00. The van der Waals surface area contributed by atoms with Gasteiger partial charge in [0, 0.05) is 37.8 Å². The Balaban J connectivity index is 1.50. The summed E-state index contributed by atoms with van der Waals surface area (Å²) in [4.78, 5) is 22.0. The van der Waals surface area contributed by atoms with Crippen LogP contribution in [0.15, 0.2) is 42.5 Å². The van der Waals surface area contributed by atoms with E-state index in [-0.39, 0.29) is 11.9 Å². The second-order valence-corrected chi connectivity index (χ2v) is 7.69. The molecule has 146 valence electrons. The third kappa shape index (κ3) is 3.72. The number of para-hydroxylation sites is 1. The summed E-state index contributed by atoms with van der Waals surface area (Å²) in [6.45, 7) is 0.801. The Morgan fingerprint density at radius 1 is 1.18 bits per heavy atom. The van der Waals surface area contributed by atoms with Gasteiger partial charge in [0.2, 0.25) is 0 Å². The standard InChI is InChI=1S/C22H27N5O/c1-26(2)20-12-7-8-16(23-20)13-14-17-9-5-6-15-27(17)22(28)21-18-10-3-4-11-19(18)24-25-21/h3-4,7-8,10-12,17H,5-6,9,13-15H2,1-2H3,(H,24,25)/t17-/m0/s1. The lowest BCUT2D eigenvalue weighted by molar-refractivity contribution is 0.0597. The van der Waals surface area contributed by atoms with Crippen molar-refractivity contribution in [2.24, 2.45) is 0 Å². The van der Waals surface area contributed by atoms with E-state index in [1.807, 2.05) is 54.2 Å². The highest BCUT2D eigenvalue weighted by Crippen LogP contribution is 2.25. The number of benzene rings is 1. The van der Waals surface area contributed by atoms with Crippen LogP contribution in [0.1, 0.15) is 41.9 Å². The first-order valence-electron chi connectivity index (χ1n) is 10.0. The number of aromatic nitrogens is 3. The smallest absolute Gasteiger partial charge is 0.275 e. The van der Waals surface area contributed by atoms with Crippen molar-refractivity contribution in [3.63, 3.8) is 0 Å². The molecule has 6 nitrogen and oxygen atoms in total. The zero-order chi connectivity index (χ0) is 19.5. The maximum atomic E-state index is 13.3. The Labute approximate surface area is 165 Å². The molecule has 1 aromatic carbocycles. The molecule has 1 aliphatic heterocycles. The van der Waals surface area contributed by atoms with E-state index in [0.29, 0.717) is 5.69 Å². The van der Waals surface area contributed by atoms with Crippen molar-refractivity contribution >= 4 is 22.6 Å². The Bertz CT molecular complexity index is 964. The number of H-pyrrole nitrogens is 1. The molecule has 3 heterocycles. The summed E-state index contributed by atoms with van der Waals surface area (Å²) in [5, 5.41) is 8.21. The van der Waals surface area contributed by atoms with Crippen molar-refractivity contribution in [2.75, 3.05) is 25.5 Å². The van der Waals surface area contributed by atoms with Crippen molar-refractivity contribution in [2.45, 2.75) is 38.1 Å². The zero-order valence-corrected chi connectivity index (χ0v) is 16.6. The number of piperidine rings is 1. The van der Waals surface area contributed by atoms with Gasteiger partial charge in [-0.2, -0.15) is 5.10 Å². The van der Waals surface area contributed by atoms with E-state index in [1.54, 1.807) is 0 Å². The molecule has 0 spiro atoms. The molecule has 1 N–H and O–H groups in total. The molecule has 3 aromatic rings. The zero-order valence-electron chi connectivity index (χ0n) is 16.6. The van der Waals surface area contributed by atoms with Crippen LogP contribution in [0.25, 0.3) is 10.9 Å². The summed E-state index contributed by atoms with van der Waals surface area (Å²) in [5.74, 6) is 1.01. The second kappa shape index (κ2) is 8.00. The summed E-state index contributed by atoms with van der Waals surface area (Å²) >= 11 is 0. The van der Waals surface area contributed by atoms with Gasteiger partial charge in [-0.25, -0.2) is 4.98 Å². The molecule has 28 heavy (non-hydrogen) atoms. The molecule has 1 atom stereocenters. The van der Waals surface area contributed by atoms with Crippen molar-refractivity contribution in [1.82, 2.24) is 20.1 Å². The highest BCUT2D eigenvalue weighted by Gasteiger charge is 2.29. The Morgan fingerprint density at radius 3 is 2.89 bits per heavy atom. The summed E-state index contributed by atoms with van der Waals surface area (Å²) < 4.78 is 0. The van der Waals surface area contributed by atoms with Crippen LogP contribution in [0.4, 0.5) is 5.82 Å². The molecule has 0 saturated carbocycles. The second-order valence-electron chi connectivity index (χ2n) is 7.69. The lowest BCUT2D eigenvalue weighted by atomic mass is 9.96. The van der Waals surface area contributed by atoms with Crippen molar-refractivity contribution < 1.29 is 4.79 Å². The molecular formula is C22H27N5O. The first-order chi connectivity index (χ1) is 13.6. The number of likely N-dealkylation sites (tertiary alicyclic amines) is 1. The predicted molar refractivity (Wildman–Crippen MR) is 112 cm³/mol. The fraction of sp³-hybridized carbons (Fsp3) is 0.409. The molecule has 1 aliphatic rings. The Morgan fingerprint density at radius 2 is 2.04 bits per heavy atom. The minimum atomic E-state index is 0.0390. The molecule has 1 amide bonds. The SMILES string of the molecule is CN(C)c1cccc(CC[C@@H]2CCCCN2C(=O)c2n[nH]c3ccccc23)n1. The lowest BCUT2D eigenvalue weighted by Crippen LogP contribution is -2.44. The van der Waals surface area contributed by atoms with E-state index in [4.69, 9.17) is 4.98 Å². The monoisotopic (exact) mass is 377 g/mol. The number of nitrogens with one attached hydrogen (secondary N) is 1. The van der Waals surface area contributed by atoms with Crippen LogP contribution in [0.5, 0.6) is 0 Å². The number of amides is 1. The highest BCUT2D eigenvalue weighted by molar-refractivity contribution is 6.04. The number of pyridine rings is 1. The summed E-state index contributed by atoms with van der Waals surface area (Å²) in [7, 11) is 4.00. The van der Waals surface area contributed by atoms with Crippen LogP contribution < -0.4 is 4.90 Å². The summed E-state index contributed by atoms with van der Waals surface area (Å²) in [6.07, 6.45) is 5.07. The van der Waals surface area contributed by atoms with E-state index in [0.717, 1.165) is 54.6 Å². The number of aromatic amines is 1. The number of nitrogens with zero attached hydrogens (tertiary/aromatic N) is 4. The number of carbonyl (C=O) groups is 1. The van der Waals surface area contributed by atoms with Crippen LogP contribution in [0, 0.1) is 0 Å². The van der Waals surface area contributed by atoms with E-state index in [9.17, 15) is 4.79 Å². The molecule has 0 bridgehead atoms. The molecule has 2 aromatic heterocycles. The summed E-state index contributed by atoms with van der Waals surface area (Å²) in [6, 6.07) is 14.2. The van der Waals surface area contributed by atoms with Gasteiger partial charge in [-0.1, -0.05) is 24.3 Å². The average Bonchev–Trinajstić information content (AvgIpc) is 3.16. The fourth-order valence-corrected chi connectivity index (χ4v) is 4.00. The van der Waals surface area contributed by atoms with Crippen LogP contribution >= 0.6 is 0 Å². The minimum absolute atomic E-state index is 0.0390. The topological polar surface area (TPSA) is 65.1 Å². The maximum Gasteiger partial charge on any atom is 0.275 e. The van der Waals surface area contributed by atoms with Crippen molar-refractivity contribution in [3.05, 3.63) is 53.9 Å². The van der Waals surface area contributed by atoms with Gasteiger partial charge in [-0.3, -0.25) is 9.89 Å². The van der Waals surface area contributed by atoms with Gasteiger partial charge in [0.25, 0.3) is 5.91 Å². The number of hydrogen-bond donors (Lipinski definition) is 1. The van der Waals surface area contributed by atoms with Gasteiger partial charge in [-0.15, -0.1) is 0 Å². The largest absolute Gasteiger partial charge is 0.363 e. The van der Waals surface area contributed by atoms with Crippen molar-refractivity contribution in [1.29, 1.82) is 0 Å². The van der Waals surface area contributed by atoms with Gasteiger partial charge < -0.3 is 9.80 Å².